The predicted molar refractivity (Wildman–Crippen MR) is 93.0 cm³/mol. The number of hydrogen-bond donors (Lipinski definition) is 1. The van der Waals surface area contributed by atoms with E-state index in [0.717, 1.165) is 12.1 Å². The van der Waals surface area contributed by atoms with Crippen LogP contribution >= 0.6 is 11.3 Å². The number of nitrogens with zero attached hydrogens (tertiary/aromatic N) is 1. The highest BCUT2D eigenvalue weighted by atomic mass is 32.1. The van der Waals surface area contributed by atoms with Crippen LogP contribution in [0.5, 0.6) is 5.75 Å². The summed E-state index contributed by atoms with van der Waals surface area (Å²) in [5.74, 6) is -1.73. The smallest absolute Gasteiger partial charge is 0.261 e. The van der Waals surface area contributed by atoms with Crippen molar-refractivity contribution in [2.24, 2.45) is 0 Å². The number of para-hydroxylation sites is 1. The number of carbonyl (C=O) groups is 1. The highest BCUT2D eigenvalue weighted by Gasteiger charge is 2.14. The molecule has 0 spiro atoms. The van der Waals surface area contributed by atoms with Crippen molar-refractivity contribution in [3.63, 3.8) is 0 Å². The molecule has 1 heterocycles. The molecule has 4 nitrogen and oxygen atoms in total. The Kier molecular flexibility index (Phi) is 5.04. The molecule has 1 amide bonds. The van der Waals surface area contributed by atoms with Crippen LogP contribution in [0.3, 0.4) is 0 Å². The minimum absolute atomic E-state index is 0.352. The summed E-state index contributed by atoms with van der Waals surface area (Å²) in [5.41, 5.74) is 1.29. The predicted octanol–water partition coefficient (Wildman–Crippen LogP) is 4.74. The monoisotopic (exact) mass is 360 g/mol. The molecule has 0 unspecified atom stereocenters. The van der Waals surface area contributed by atoms with Crippen molar-refractivity contribution in [2.75, 3.05) is 11.9 Å². The van der Waals surface area contributed by atoms with Crippen molar-refractivity contribution >= 4 is 22.4 Å². The van der Waals surface area contributed by atoms with E-state index in [1.165, 1.54) is 17.4 Å². The van der Waals surface area contributed by atoms with Gasteiger partial charge in [-0.3, -0.25) is 10.1 Å². The minimum atomic E-state index is -0.943. The van der Waals surface area contributed by atoms with Gasteiger partial charge in [0.15, 0.2) is 16.8 Å². The van der Waals surface area contributed by atoms with E-state index in [9.17, 15) is 13.6 Å². The van der Waals surface area contributed by atoms with Crippen LogP contribution in [-0.4, -0.2) is 17.5 Å². The Balaban J connectivity index is 1.79. The number of ether oxygens (including phenoxy) is 1. The Labute approximate surface area is 147 Å². The van der Waals surface area contributed by atoms with Gasteiger partial charge in [0.05, 0.1) is 17.9 Å². The van der Waals surface area contributed by atoms with E-state index in [2.05, 4.69) is 10.3 Å². The Morgan fingerprint density at radius 3 is 2.76 bits per heavy atom. The topological polar surface area (TPSA) is 51.2 Å². The first-order valence-corrected chi connectivity index (χ1v) is 8.40. The first-order chi connectivity index (χ1) is 12.1. The summed E-state index contributed by atoms with van der Waals surface area (Å²) in [6.07, 6.45) is 0. The van der Waals surface area contributed by atoms with E-state index in [4.69, 9.17) is 4.74 Å². The molecule has 2 aromatic carbocycles. The van der Waals surface area contributed by atoms with Crippen LogP contribution in [0, 0.1) is 11.6 Å². The molecule has 0 aliphatic heterocycles. The van der Waals surface area contributed by atoms with Gasteiger partial charge in [-0.05, 0) is 37.3 Å². The van der Waals surface area contributed by atoms with Crippen LogP contribution in [0.15, 0.2) is 47.8 Å². The van der Waals surface area contributed by atoms with E-state index in [1.54, 1.807) is 29.6 Å². The summed E-state index contributed by atoms with van der Waals surface area (Å²) in [4.78, 5) is 16.7. The molecular formula is C18H14F2N2O2S. The van der Waals surface area contributed by atoms with Crippen LogP contribution in [-0.2, 0) is 0 Å². The lowest BCUT2D eigenvalue weighted by molar-refractivity contribution is 0.102. The Morgan fingerprint density at radius 1 is 1.20 bits per heavy atom. The zero-order chi connectivity index (χ0) is 17.8. The molecule has 0 radical (unpaired) electrons. The number of amides is 1. The van der Waals surface area contributed by atoms with Crippen LogP contribution < -0.4 is 10.1 Å². The van der Waals surface area contributed by atoms with E-state index < -0.39 is 11.6 Å². The van der Waals surface area contributed by atoms with Crippen molar-refractivity contribution in [3.8, 4) is 17.0 Å². The number of halogens is 2. The number of hydrogen-bond acceptors (Lipinski definition) is 4. The lowest BCUT2D eigenvalue weighted by Gasteiger charge is -2.08. The first kappa shape index (κ1) is 17.0. The second kappa shape index (κ2) is 7.40. The maximum Gasteiger partial charge on any atom is 0.261 e. The van der Waals surface area contributed by atoms with Crippen molar-refractivity contribution < 1.29 is 18.3 Å². The standard InChI is InChI=1S/C18H14F2N2O2S/c1-2-24-16-6-4-3-5-12(16)17(23)22-18-21-15(10-25-18)11-7-8-13(19)14(20)9-11/h3-10H,2H2,1H3,(H,21,22,23). The van der Waals surface area contributed by atoms with E-state index in [0.29, 0.717) is 34.3 Å². The molecule has 0 atom stereocenters. The van der Waals surface area contributed by atoms with Crippen molar-refractivity contribution in [2.45, 2.75) is 6.92 Å². The molecule has 7 heteroatoms. The summed E-state index contributed by atoms with van der Waals surface area (Å²) >= 11 is 1.20. The maximum absolute atomic E-state index is 13.3. The fourth-order valence-corrected chi connectivity index (χ4v) is 2.93. The molecule has 0 aliphatic rings. The van der Waals surface area contributed by atoms with Crippen molar-refractivity contribution in [1.82, 2.24) is 4.98 Å². The Hall–Kier alpha value is -2.80. The number of aromatic nitrogens is 1. The Bertz CT molecular complexity index is 912. The Morgan fingerprint density at radius 2 is 2.00 bits per heavy atom. The number of carbonyl (C=O) groups excluding carboxylic acids is 1. The van der Waals surface area contributed by atoms with Crippen molar-refractivity contribution in [3.05, 3.63) is 65.0 Å². The van der Waals surface area contributed by atoms with Crippen LogP contribution in [0.4, 0.5) is 13.9 Å². The highest BCUT2D eigenvalue weighted by molar-refractivity contribution is 7.14. The molecule has 0 saturated carbocycles. The molecule has 0 bridgehead atoms. The molecule has 3 rings (SSSR count). The van der Waals surface area contributed by atoms with Gasteiger partial charge < -0.3 is 4.74 Å². The first-order valence-electron chi connectivity index (χ1n) is 7.52. The van der Waals surface area contributed by atoms with Gasteiger partial charge in [-0.15, -0.1) is 11.3 Å². The third-order valence-corrected chi connectivity index (χ3v) is 4.13. The van der Waals surface area contributed by atoms with E-state index >= 15 is 0 Å². The van der Waals surface area contributed by atoms with Gasteiger partial charge in [-0.2, -0.15) is 0 Å². The van der Waals surface area contributed by atoms with E-state index in [1.807, 2.05) is 6.92 Å². The lowest BCUT2D eigenvalue weighted by atomic mass is 10.2. The summed E-state index contributed by atoms with van der Waals surface area (Å²) < 4.78 is 31.8. The third-order valence-electron chi connectivity index (χ3n) is 3.37. The van der Waals surface area contributed by atoms with Crippen molar-refractivity contribution in [1.29, 1.82) is 0 Å². The second-order valence-electron chi connectivity index (χ2n) is 5.05. The molecular weight excluding hydrogens is 346 g/mol. The van der Waals surface area contributed by atoms with Gasteiger partial charge in [0.1, 0.15) is 5.75 Å². The number of anilines is 1. The normalized spacial score (nSPS) is 10.5. The molecule has 3 aromatic rings. The quantitative estimate of drug-likeness (QED) is 0.715. The summed E-state index contributed by atoms with van der Waals surface area (Å²) in [7, 11) is 0. The number of rotatable bonds is 5. The maximum atomic E-state index is 13.3. The summed E-state index contributed by atoms with van der Waals surface area (Å²) in [5, 5.41) is 4.71. The van der Waals surface area contributed by atoms with Crippen LogP contribution in [0.25, 0.3) is 11.3 Å². The zero-order valence-corrected chi connectivity index (χ0v) is 14.1. The van der Waals surface area contributed by atoms with Crippen LogP contribution in [0.2, 0.25) is 0 Å². The molecule has 128 valence electrons. The van der Waals surface area contributed by atoms with Gasteiger partial charge in [0.2, 0.25) is 0 Å². The average molecular weight is 360 g/mol. The molecule has 25 heavy (non-hydrogen) atoms. The SMILES string of the molecule is CCOc1ccccc1C(=O)Nc1nc(-c2ccc(F)c(F)c2)cs1. The summed E-state index contributed by atoms with van der Waals surface area (Å²) in [6.45, 7) is 2.28. The molecule has 0 fully saturated rings. The summed E-state index contributed by atoms with van der Waals surface area (Å²) in [6, 6.07) is 10.4. The number of benzene rings is 2. The van der Waals surface area contributed by atoms with Gasteiger partial charge >= 0.3 is 0 Å². The molecule has 1 N–H and O–H groups in total. The lowest BCUT2D eigenvalue weighted by Crippen LogP contribution is -2.13. The third kappa shape index (κ3) is 3.83. The van der Waals surface area contributed by atoms with Gasteiger partial charge in [-0.1, -0.05) is 12.1 Å². The fourth-order valence-electron chi connectivity index (χ4n) is 2.22. The largest absolute Gasteiger partial charge is 0.493 e. The minimum Gasteiger partial charge on any atom is -0.493 e. The van der Waals surface area contributed by atoms with Gasteiger partial charge in [0.25, 0.3) is 5.91 Å². The fraction of sp³-hybridized carbons (Fsp3) is 0.111. The van der Waals surface area contributed by atoms with E-state index in [-0.39, 0.29) is 5.91 Å². The molecule has 0 saturated heterocycles. The number of nitrogens with one attached hydrogen (secondary N) is 1. The molecule has 0 aliphatic carbocycles. The number of thiazole rings is 1. The second-order valence-corrected chi connectivity index (χ2v) is 5.91. The van der Waals surface area contributed by atoms with Crippen LogP contribution in [0.1, 0.15) is 17.3 Å². The zero-order valence-electron chi connectivity index (χ0n) is 13.3. The highest BCUT2D eigenvalue weighted by Crippen LogP contribution is 2.27. The molecule has 1 aromatic heterocycles. The average Bonchev–Trinajstić information content (AvgIpc) is 3.06. The van der Waals surface area contributed by atoms with Gasteiger partial charge in [0, 0.05) is 10.9 Å². The van der Waals surface area contributed by atoms with Gasteiger partial charge in [-0.25, -0.2) is 13.8 Å².